The zero-order valence-electron chi connectivity index (χ0n) is 4.48. The van der Waals surface area contributed by atoms with E-state index in [-0.39, 0.29) is 0 Å². The molecule has 0 aliphatic carbocycles. The average Bonchev–Trinajstić information content (AvgIpc) is 1.80. The molecule has 0 unspecified atom stereocenters. The lowest BCUT2D eigenvalue weighted by molar-refractivity contribution is 0.181. The number of hydrogen-bond donors (Lipinski definition) is 2. The molecule has 4 heteroatoms. The number of aromatic hydroxyl groups is 1. The van der Waals surface area contributed by atoms with Gasteiger partial charge in [0.2, 0.25) is 5.43 Å². The lowest BCUT2D eigenvalue weighted by Gasteiger charge is -1.93. The summed E-state index contributed by atoms with van der Waals surface area (Å²) in [6.07, 6.45) is 2.06. The van der Waals surface area contributed by atoms with Crippen molar-refractivity contribution >= 4 is 0 Å². The van der Waals surface area contributed by atoms with Crippen LogP contribution in [-0.4, -0.2) is 15.0 Å². The molecule has 1 aromatic rings. The van der Waals surface area contributed by atoms with Gasteiger partial charge in [-0.05, 0) is 0 Å². The summed E-state index contributed by atoms with van der Waals surface area (Å²) < 4.78 is 0.608. The molecule has 1 aromatic heterocycles. The molecule has 0 saturated carbocycles. The van der Waals surface area contributed by atoms with Gasteiger partial charge in [-0.3, -0.25) is 4.79 Å². The number of rotatable bonds is 0. The van der Waals surface area contributed by atoms with Crippen LogP contribution in [0, 0.1) is 0 Å². The predicted octanol–water partition coefficient (Wildman–Crippen LogP) is -0.209. The van der Waals surface area contributed by atoms with Gasteiger partial charge in [0, 0.05) is 12.3 Å². The summed E-state index contributed by atoms with van der Waals surface area (Å²) in [6, 6.07) is 1.06. The fourth-order valence-electron chi connectivity index (χ4n) is 0.461. The van der Waals surface area contributed by atoms with E-state index in [0.717, 1.165) is 18.5 Å². The first kappa shape index (κ1) is 5.68. The molecule has 0 radical (unpaired) electrons. The second kappa shape index (κ2) is 1.81. The van der Waals surface area contributed by atoms with Gasteiger partial charge in [0.15, 0.2) is 5.75 Å². The van der Waals surface area contributed by atoms with Crippen LogP contribution < -0.4 is 5.43 Å². The maximum Gasteiger partial charge on any atom is 0.223 e. The van der Waals surface area contributed by atoms with Crippen LogP contribution in [0.4, 0.5) is 0 Å². The Kier molecular flexibility index (Phi) is 1.14. The van der Waals surface area contributed by atoms with E-state index in [2.05, 4.69) is 0 Å². The van der Waals surface area contributed by atoms with E-state index in [1.165, 1.54) is 0 Å². The molecule has 1 heterocycles. The van der Waals surface area contributed by atoms with Crippen LogP contribution in [0.2, 0.25) is 0 Å². The van der Waals surface area contributed by atoms with Crippen LogP contribution in [0.5, 0.6) is 5.75 Å². The average molecular weight is 127 g/mol. The van der Waals surface area contributed by atoms with Gasteiger partial charge >= 0.3 is 0 Å². The maximum atomic E-state index is 10.4. The smallest absolute Gasteiger partial charge is 0.223 e. The van der Waals surface area contributed by atoms with Crippen LogP contribution in [0.1, 0.15) is 0 Å². The Morgan fingerprint density at radius 2 is 2.22 bits per heavy atom. The van der Waals surface area contributed by atoms with Crippen molar-refractivity contribution in [1.29, 1.82) is 0 Å². The minimum absolute atomic E-state index is 0.458. The Morgan fingerprint density at radius 3 is 2.67 bits per heavy atom. The zero-order chi connectivity index (χ0) is 6.85. The molecule has 9 heavy (non-hydrogen) atoms. The SMILES string of the molecule is O=c1ccn(O)cc1O. The summed E-state index contributed by atoms with van der Waals surface area (Å²) in [5, 5.41) is 17.2. The number of hydrogen-bond acceptors (Lipinski definition) is 3. The van der Waals surface area contributed by atoms with Crippen LogP contribution in [-0.2, 0) is 0 Å². The highest BCUT2D eigenvalue weighted by atomic mass is 16.5. The Morgan fingerprint density at radius 1 is 1.56 bits per heavy atom. The summed E-state index contributed by atoms with van der Waals surface area (Å²) in [4.78, 5) is 10.4. The molecule has 0 bridgehead atoms. The van der Waals surface area contributed by atoms with Gasteiger partial charge in [0.25, 0.3) is 0 Å². The van der Waals surface area contributed by atoms with Crippen molar-refractivity contribution in [2.24, 2.45) is 0 Å². The second-order valence-electron chi connectivity index (χ2n) is 1.57. The molecule has 0 fully saturated rings. The highest BCUT2D eigenvalue weighted by Crippen LogP contribution is 1.94. The van der Waals surface area contributed by atoms with E-state index in [0.29, 0.717) is 4.73 Å². The normalized spacial score (nSPS) is 9.33. The lowest BCUT2D eigenvalue weighted by Crippen LogP contribution is -2.01. The topological polar surface area (TPSA) is 62.5 Å². The molecular formula is C5H5NO3. The minimum atomic E-state index is -0.500. The molecule has 0 amide bonds. The number of nitrogens with zero attached hydrogens (tertiary/aromatic N) is 1. The van der Waals surface area contributed by atoms with E-state index in [1.807, 2.05) is 0 Å². The largest absolute Gasteiger partial charge is 0.503 e. The van der Waals surface area contributed by atoms with Crippen molar-refractivity contribution in [3.8, 4) is 5.75 Å². The van der Waals surface area contributed by atoms with Crippen LogP contribution in [0.25, 0.3) is 0 Å². The molecule has 1 rings (SSSR count). The minimum Gasteiger partial charge on any atom is -0.503 e. The van der Waals surface area contributed by atoms with Crippen molar-refractivity contribution in [1.82, 2.24) is 4.73 Å². The quantitative estimate of drug-likeness (QED) is 0.474. The van der Waals surface area contributed by atoms with Crippen molar-refractivity contribution in [2.45, 2.75) is 0 Å². The van der Waals surface area contributed by atoms with Crippen molar-refractivity contribution in [2.75, 3.05) is 0 Å². The van der Waals surface area contributed by atoms with Gasteiger partial charge < -0.3 is 10.3 Å². The first-order valence-corrected chi connectivity index (χ1v) is 2.30. The third-order valence-electron chi connectivity index (χ3n) is 0.886. The van der Waals surface area contributed by atoms with E-state index < -0.39 is 11.2 Å². The molecule has 0 spiro atoms. The summed E-state index contributed by atoms with van der Waals surface area (Å²) in [5.74, 6) is -0.458. The first-order chi connectivity index (χ1) is 4.20. The third kappa shape index (κ3) is 1.02. The number of aromatic nitrogens is 1. The van der Waals surface area contributed by atoms with E-state index in [9.17, 15) is 4.79 Å². The summed E-state index contributed by atoms with van der Waals surface area (Å²) >= 11 is 0. The summed E-state index contributed by atoms with van der Waals surface area (Å²) in [5.41, 5.74) is -0.500. The lowest BCUT2D eigenvalue weighted by atomic mass is 10.4. The maximum absolute atomic E-state index is 10.4. The van der Waals surface area contributed by atoms with E-state index in [4.69, 9.17) is 10.3 Å². The molecule has 0 aromatic carbocycles. The van der Waals surface area contributed by atoms with E-state index >= 15 is 0 Å². The zero-order valence-corrected chi connectivity index (χ0v) is 4.48. The fourth-order valence-corrected chi connectivity index (χ4v) is 0.461. The number of pyridine rings is 1. The van der Waals surface area contributed by atoms with Gasteiger partial charge in [-0.2, -0.15) is 4.73 Å². The molecule has 2 N–H and O–H groups in total. The van der Waals surface area contributed by atoms with E-state index in [1.54, 1.807) is 0 Å². The summed E-state index contributed by atoms with van der Waals surface area (Å²) in [7, 11) is 0. The fraction of sp³-hybridized carbons (Fsp3) is 0. The Hall–Kier alpha value is -1.45. The van der Waals surface area contributed by atoms with Gasteiger partial charge in [0.05, 0.1) is 6.20 Å². The Bertz CT molecular complexity index is 265. The monoisotopic (exact) mass is 127 g/mol. The highest BCUT2D eigenvalue weighted by molar-refractivity contribution is 5.13. The van der Waals surface area contributed by atoms with Gasteiger partial charge in [-0.1, -0.05) is 0 Å². The third-order valence-corrected chi connectivity index (χ3v) is 0.886. The molecule has 0 aliphatic rings. The van der Waals surface area contributed by atoms with Crippen LogP contribution in [0.3, 0.4) is 0 Å². The van der Waals surface area contributed by atoms with Crippen LogP contribution >= 0.6 is 0 Å². The molecular weight excluding hydrogens is 122 g/mol. The van der Waals surface area contributed by atoms with Gasteiger partial charge in [0.1, 0.15) is 0 Å². The molecule has 0 saturated heterocycles. The standard InChI is InChI=1S/C5H5NO3/c7-4-1-2-6(9)3-5(4)8/h1-3,8-9H. The molecule has 4 nitrogen and oxygen atoms in total. The van der Waals surface area contributed by atoms with Crippen molar-refractivity contribution < 1.29 is 10.3 Å². The van der Waals surface area contributed by atoms with Gasteiger partial charge in [-0.25, -0.2) is 0 Å². The summed E-state index contributed by atoms with van der Waals surface area (Å²) in [6.45, 7) is 0. The van der Waals surface area contributed by atoms with Crippen molar-refractivity contribution in [3.63, 3.8) is 0 Å². The molecule has 0 atom stereocenters. The first-order valence-electron chi connectivity index (χ1n) is 2.30. The Labute approximate surface area is 50.6 Å². The second-order valence-corrected chi connectivity index (χ2v) is 1.57. The van der Waals surface area contributed by atoms with Gasteiger partial charge in [-0.15, -0.1) is 0 Å². The molecule has 0 aliphatic heterocycles. The molecule has 48 valence electrons. The van der Waals surface area contributed by atoms with Crippen LogP contribution in [0.15, 0.2) is 23.3 Å². The predicted molar refractivity (Wildman–Crippen MR) is 29.6 cm³/mol. The highest BCUT2D eigenvalue weighted by Gasteiger charge is 1.92. The van der Waals surface area contributed by atoms with Crippen molar-refractivity contribution in [3.05, 3.63) is 28.7 Å². The Balaban J connectivity index is 3.34.